The largest absolute Gasteiger partial charge is 0.324 e. The van der Waals surface area contributed by atoms with Gasteiger partial charge >= 0.3 is 0 Å². The van der Waals surface area contributed by atoms with Gasteiger partial charge in [0.15, 0.2) is 0 Å². The molecule has 2 rings (SSSR count). The predicted molar refractivity (Wildman–Crippen MR) is 98.0 cm³/mol. The van der Waals surface area contributed by atoms with Crippen molar-refractivity contribution in [1.29, 1.82) is 0 Å². The molecular formula is C17H18ClFN2O3S. The topological polar surface area (TPSA) is 66.5 Å². The Kier molecular flexibility index (Phi) is 5.69. The molecule has 0 fully saturated rings. The van der Waals surface area contributed by atoms with Crippen molar-refractivity contribution in [3.8, 4) is 0 Å². The van der Waals surface area contributed by atoms with E-state index in [-0.39, 0.29) is 5.69 Å². The van der Waals surface area contributed by atoms with Gasteiger partial charge in [0, 0.05) is 10.7 Å². The highest BCUT2D eigenvalue weighted by molar-refractivity contribution is 7.92. The summed E-state index contributed by atoms with van der Waals surface area (Å²) in [5, 5.41) is 3.11. The first-order valence-corrected chi connectivity index (χ1v) is 9.64. The van der Waals surface area contributed by atoms with Crippen LogP contribution in [0.5, 0.6) is 0 Å². The van der Waals surface area contributed by atoms with E-state index in [2.05, 4.69) is 5.32 Å². The lowest BCUT2D eigenvalue weighted by Gasteiger charge is -2.28. The Balaban J connectivity index is 2.35. The minimum absolute atomic E-state index is 0.0768. The second-order valence-electron chi connectivity index (χ2n) is 5.66. The van der Waals surface area contributed by atoms with Crippen molar-refractivity contribution in [2.45, 2.75) is 19.9 Å². The normalized spacial score (nSPS) is 12.5. The van der Waals surface area contributed by atoms with Crippen LogP contribution < -0.4 is 9.62 Å². The molecule has 0 bridgehead atoms. The van der Waals surface area contributed by atoms with Gasteiger partial charge in [-0.25, -0.2) is 12.8 Å². The molecule has 2 aromatic carbocycles. The zero-order valence-electron chi connectivity index (χ0n) is 14.0. The number of halogens is 2. The minimum Gasteiger partial charge on any atom is -0.324 e. The maximum atomic E-state index is 13.5. The monoisotopic (exact) mass is 384 g/mol. The summed E-state index contributed by atoms with van der Waals surface area (Å²) in [6, 6.07) is 8.99. The zero-order chi connectivity index (χ0) is 18.8. The van der Waals surface area contributed by atoms with E-state index in [0.29, 0.717) is 10.7 Å². The molecule has 0 unspecified atom stereocenters. The number of carbonyl (C=O) groups excluding carboxylic acids is 1. The van der Waals surface area contributed by atoms with Crippen LogP contribution in [0.2, 0.25) is 5.02 Å². The molecule has 1 N–H and O–H groups in total. The summed E-state index contributed by atoms with van der Waals surface area (Å²) in [7, 11) is -3.81. The number of aryl methyl sites for hydroxylation is 1. The fraction of sp³-hybridized carbons (Fsp3) is 0.235. The van der Waals surface area contributed by atoms with Crippen LogP contribution >= 0.6 is 11.6 Å². The van der Waals surface area contributed by atoms with Crippen molar-refractivity contribution in [1.82, 2.24) is 0 Å². The van der Waals surface area contributed by atoms with E-state index in [0.717, 1.165) is 22.2 Å². The molecular weight excluding hydrogens is 367 g/mol. The highest BCUT2D eigenvalue weighted by atomic mass is 35.5. The molecule has 0 aliphatic carbocycles. The fourth-order valence-corrected chi connectivity index (χ4v) is 3.73. The summed E-state index contributed by atoms with van der Waals surface area (Å²) in [6.07, 6.45) is 0.965. The van der Waals surface area contributed by atoms with Crippen molar-refractivity contribution in [2.24, 2.45) is 0 Å². The number of benzene rings is 2. The molecule has 0 saturated heterocycles. The molecule has 134 valence electrons. The van der Waals surface area contributed by atoms with Crippen LogP contribution in [0.25, 0.3) is 0 Å². The van der Waals surface area contributed by atoms with Crippen molar-refractivity contribution in [3.63, 3.8) is 0 Å². The number of amides is 1. The second-order valence-corrected chi connectivity index (χ2v) is 7.96. The van der Waals surface area contributed by atoms with Crippen molar-refractivity contribution >= 4 is 38.9 Å². The number of anilines is 2. The minimum atomic E-state index is -3.81. The Bertz CT molecular complexity index is 903. The lowest BCUT2D eigenvalue weighted by atomic mass is 10.2. The summed E-state index contributed by atoms with van der Waals surface area (Å²) >= 11 is 5.93. The highest BCUT2D eigenvalue weighted by Gasteiger charge is 2.29. The maximum Gasteiger partial charge on any atom is 0.248 e. The average Bonchev–Trinajstić information content (AvgIpc) is 2.49. The van der Waals surface area contributed by atoms with E-state index >= 15 is 0 Å². The molecule has 1 amide bonds. The van der Waals surface area contributed by atoms with E-state index in [9.17, 15) is 17.6 Å². The standard InChI is InChI=1S/C17H18ClFN2O3S/c1-11-7-8-13(18)9-16(11)20-17(22)12(2)21(25(3,23)24)15-6-4-5-14(19)10-15/h4-10,12H,1-3H3,(H,20,22)/t12-/m0/s1. The Labute approximate surface area is 151 Å². The Morgan fingerprint density at radius 1 is 1.24 bits per heavy atom. The molecule has 0 spiro atoms. The van der Waals surface area contributed by atoms with E-state index in [1.807, 2.05) is 0 Å². The average molecular weight is 385 g/mol. The first-order valence-electron chi connectivity index (χ1n) is 7.41. The molecule has 5 nitrogen and oxygen atoms in total. The van der Waals surface area contributed by atoms with Gasteiger partial charge in [-0.05, 0) is 49.7 Å². The van der Waals surface area contributed by atoms with E-state index in [1.165, 1.54) is 25.1 Å². The lowest BCUT2D eigenvalue weighted by Crippen LogP contribution is -2.45. The van der Waals surface area contributed by atoms with Crippen LogP contribution in [0.15, 0.2) is 42.5 Å². The van der Waals surface area contributed by atoms with Crippen molar-refractivity contribution in [3.05, 3.63) is 58.9 Å². The molecule has 0 saturated carbocycles. The highest BCUT2D eigenvalue weighted by Crippen LogP contribution is 2.24. The van der Waals surface area contributed by atoms with Crippen LogP contribution in [0.3, 0.4) is 0 Å². The van der Waals surface area contributed by atoms with E-state index < -0.39 is 27.8 Å². The smallest absolute Gasteiger partial charge is 0.248 e. The Morgan fingerprint density at radius 2 is 1.92 bits per heavy atom. The number of nitrogens with one attached hydrogen (secondary N) is 1. The zero-order valence-corrected chi connectivity index (χ0v) is 15.5. The van der Waals surface area contributed by atoms with Crippen LogP contribution in [0.1, 0.15) is 12.5 Å². The van der Waals surface area contributed by atoms with E-state index in [1.54, 1.807) is 25.1 Å². The summed E-state index contributed by atoms with van der Waals surface area (Å²) < 4.78 is 38.7. The third-order valence-corrected chi connectivity index (χ3v) is 5.09. The van der Waals surface area contributed by atoms with Gasteiger partial charge in [0.1, 0.15) is 11.9 Å². The number of nitrogens with zero attached hydrogens (tertiary/aromatic N) is 1. The van der Waals surface area contributed by atoms with Crippen LogP contribution in [0.4, 0.5) is 15.8 Å². The first kappa shape index (κ1) is 19.2. The number of carbonyl (C=O) groups is 1. The van der Waals surface area contributed by atoms with E-state index in [4.69, 9.17) is 11.6 Å². The maximum absolute atomic E-state index is 13.5. The fourth-order valence-electron chi connectivity index (χ4n) is 2.39. The van der Waals surface area contributed by atoms with Gasteiger partial charge in [-0.2, -0.15) is 0 Å². The van der Waals surface area contributed by atoms with Crippen molar-refractivity contribution in [2.75, 3.05) is 15.9 Å². The summed E-state index contributed by atoms with van der Waals surface area (Å²) in [6.45, 7) is 3.22. The van der Waals surface area contributed by atoms with Crippen LogP contribution in [-0.4, -0.2) is 26.6 Å². The van der Waals surface area contributed by atoms with Crippen LogP contribution in [-0.2, 0) is 14.8 Å². The number of sulfonamides is 1. The molecule has 25 heavy (non-hydrogen) atoms. The Hall–Kier alpha value is -2.12. The Morgan fingerprint density at radius 3 is 2.52 bits per heavy atom. The summed E-state index contributed by atoms with van der Waals surface area (Å²) in [5.41, 5.74) is 1.34. The molecule has 0 aliphatic rings. The number of rotatable bonds is 5. The molecule has 2 aromatic rings. The number of hydrogen-bond donors (Lipinski definition) is 1. The quantitative estimate of drug-likeness (QED) is 0.856. The van der Waals surface area contributed by atoms with Gasteiger partial charge in [0.25, 0.3) is 0 Å². The lowest BCUT2D eigenvalue weighted by molar-refractivity contribution is -0.116. The molecule has 1 atom stereocenters. The molecule has 0 heterocycles. The molecule has 8 heteroatoms. The molecule has 0 radical (unpaired) electrons. The molecule has 0 aromatic heterocycles. The first-order chi connectivity index (χ1) is 11.6. The third kappa shape index (κ3) is 4.70. The van der Waals surface area contributed by atoms with Gasteiger partial charge in [0.05, 0.1) is 11.9 Å². The van der Waals surface area contributed by atoms with Crippen LogP contribution in [0, 0.1) is 12.7 Å². The molecule has 0 aliphatic heterocycles. The van der Waals surface area contributed by atoms with Gasteiger partial charge in [-0.3, -0.25) is 9.10 Å². The predicted octanol–water partition coefficient (Wildman–Crippen LogP) is 3.58. The van der Waals surface area contributed by atoms with Gasteiger partial charge in [-0.15, -0.1) is 0 Å². The third-order valence-electron chi connectivity index (χ3n) is 3.61. The SMILES string of the molecule is Cc1ccc(Cl)cc1NC(=O)[C@H](C)N(c1cccc(F)c1)S(C)(=O)=O. The summed E-state index contributed by atoms with van der Waals surface area (Å²) in [5.74, 6) is -1.15. The van der Waals surface area contributed by atoms with Crippen molar-refractivity contribution < 1.29 is 17.6 Å². The second kappa shape index (κ2) is 7.41. The summed E-state index contributed by atoms with van der Waals surface area (Å²) in [4.78, 5) is 12.6. The van der Waals surface area contributed by atoms with Gasteiger partial charge < -0.3 is 5.32 Å². The van der Waals surface area contributed by atoms with Gasteiger partial charge in [0.2, 0.25) is 15.9 Å². The number of hydrogen-bond acceptors (Lipinski definition) is 3. The van der Waals surface area contributed by atoms with Gasteiger partial charge in [-0.1, -0.05) is 23.7 Å².